The van der Waals surface area contributed by atoms with Crippen LogP contribution in [-0.2, 0) is 4.79 Å². The number of esters is 1. The predicted octanol–water partition coefficient (Wildman–Crippen LogP) is 10.4. The first-order valence-electron chi connectivity index (χ1n) is 10.6. The van der Waals surface area contributed by atoms with Gasteiger partial charge in [0.15, 0.2) is 5.75 Å². The lowest BCUT2D eigenvalue weighted by Gasteiger charge is -2.12. The Hall–Kier alpha value is -0.640. The van der Waals surface area contributed by atoms with Gasteiger partial charge in [0.05, 0.1) is 15.1 Å². The highest BCUT2D eigenvalue weighted by molar-refractivity contribution is 6.55. The van der Waals surface area contributed by atoms with E-state index in [9.17, 15) is 4.79 Å². The second kappa shape index (κ2) is 16.9. The molecule has 0 atom stereocenters. The molecule has 0 heterocycles. The Labute approximate surface area is 211 Å². The largest absolute Gasteiger partial charge is 0.423 e. The van der Waals surface area contributed by atoms with Gasteiger partial charge in [-0.3, -0.25) is 4.79 Å². The fraction of sp³-hybridized carbons (Fsp3) is 0.458. The zero-order chi connectivity index (χ0) is 23.1. The van der Waals surface area contributed by atoms with E-state index in [0.29, 0.717) is 0 Å². The molecular weight excluding hydrogens is 498 g/mol. The van der Waals surface area contributed by atoms with Gasteiger partial charge in [0.25, 0.3) is 0 Å². The monoisotopic (exact) mass is 524 g/mol. The molecule has 0 amide bonds. The maximum Gasteiger partial charge on any atom is 0.311 e. The van der Waals surface area contributed by atoms with Gasteiger partial charge in [-0.05, 0) is 38.5 Å². The standard InChI is InChI=1S/C24H29Cl5O2/c1-2-3-4-5-6-7-8-9-10-11-12-13-14-15-16-17-18(30)31-24-22(28)20(26)19(25)21(27)23(24)29/h3-4,6-7,9-10H,2,5,8,11-17H2,1H3/b4-3-,7-6-,10-9-. The van der Waals surface area contributed by atoms with Gasteiger partial charge in [0, 0.05) is 6.42 Å². The van der Waals surface area contributed by atoms with Crippen molar-refractivity contribution in [1.29, 1.82) is 0 Å². The zero-order valence-corrected chi connectivity index (χ0v) is 21.5. The van der Waals surface area contributed by atoms with E-state index < -0.39 is 5.97 Å². The summed E-state index contributed by atoms with van der Waals surface area (Å²) in [7, 11) is 0. The van der Waals surface area contributed by atoms with Crippen LogP contribution in [0, 0.1) is 0 Å². The normalized spacial score (nSPS) is 11.9. The van der Waals surface area contributed by atoms with Gasteiger partial charge in [-0.1, -0.05) is 121 Å². The molecule has 0 radical (unpaired) electrons. The Kier molecular flexibility index (Phi) is 15.5. The first kappa shape index (κ1) is 28.4. The Morgan fingerprint density at radius 1 is 0.677 bits per heavy atom. The summed E-state index contributed by atoms with van der Waals surface area (Å²) in [5.74, 6) is -0.480. The number of unbranched alkanes of at least 4 members (excludes halogenated alkanes) is 5. The minimum Gasteiger partial charge on any atom is -0.423 e. The van der Waals surface area contributed by atoms with Crippen LogP contribution < -0.4 is 4.74 Å². The van der Waals surface area contributed by atoms with E-state index in [2.05, 4.69) is 43.4 Å². The fourth-order valence-corrected chi connectivity index (χ4v) is 3.93. The molecule has 0 saturated carbocycles. The molecule has 0 aliphatic carbocycles. The molecule has 7 heteroatoms. The van der Waals surface area contributed by atoms with Crippen LogP contribution in [0.1, 0.15) is 71.1 Å². The number of allylic oxidation sites excluding steroid dienone is 6. The van der Waals surface area contributed by atoms with Crippen molar-refractivity contribution < 1.29 is 9.53 Å². The van der Waals surface area contributed by atoms with E-state index in [1.54, 1.807) is 0 Å². The molecule has 172 valence electrons. The quantitative estimate of drug-likeness (QED) is 0.0602. The average molecular weight is 527 g/mol. The molecule has 0 fully saturated rings. The maximum atomic E-state index is 12.1. The number of hydrogen-bond donors (Lipinski definition) is 0. The van der Waals surface area contributed by atoms with Crippen LogP contribution in [-0.4, -0.2) is 5.97 Å². The van der Waals surface area contributed by atoms with Gasteiger partial charge in [-0.2, -0.15) is 0 Å². The maximum absolute atomic E-state index is 12.1. The van der Waals surface area contributed by atoms with Gasteiger partial charge in [-0.15, -0.1) is 0 Å². The molecule has 31 heavy (non-hydrogen) atoms. The molecule has 0 aromatic heterocycles. The first-order chi connectivity index (χ1) is 14.9. The Morgan fingerprint density at radius 2 is 1.16 bits per heavy atom. The minimum absolute atomic E-state index is 0.00901. The number of ether oxygens (including phenoxy) is 1. The van der Waals surface area contributed by atoms with E-state index in [0.717, 1.165) is 57.8 Å². The number of carbonyl (C=O) groups is 1. The summed E-state index contributed by atoms with van der Waals surface area (Å²) in [6, 6.07) is 0. The number of carbonyl (C=O) groups excluding carboxylic acids is 1. The summed E-state index contributed by atoms with van der Waals surface area (Å²) >= 11 is 30.0. The number of halogens is 5. The van der Waals surface area contributed by atoms with Crippen LogP contribution in [0.3, 0.4) is 0 Å². The summed E-state index contributed by atoms with van der Waals surface area (Å²) in [5.41, 5.74) is 0. The second-order valence-corrected chi connectivity index (χ2v) is 8.86. The van der Waals surface area contributed by atoms with Crippen molar-refractivity contribution >= 4 is 64.0 Å². The topological polar surface area (TPSA) is 26.3 Å². The van der Waals surface area contributed by atoms with Gasteiger partial charge in [-0.25, -0.2) is 0 Å². The van der Waals surface area contributed by atoms with Crippen LogP contribution >= 0.6 is 58.0 Å². The summed E-state index contributed by atoms with van der Waals surface area (Å²) in [4.78, 5) is 12.1. The van der Waals surface area contributed by atoms with Crippen LogP contribution in [0.25, 0.3) is 0 Å². The van der Waals surface area contributed by atoms with Crippen molar-refractivity contribution in [2.75, 3.05) is 0 Å². The van der Waals surface area contributed by atoms with Crippen LogP contribution in [0.5, 0.6) is 5.75 Å². The van der Waals surface area contributed by atoms with Crippen LogP contribution in [0.15, 0.2) is 36.5 Å². The fourth-order valence-electron chi connectivity index (χ4n) is 2.73. The van der Waals surface area contributed by atoms with Crippen molar-refractivity contribution in [3.63, 3.8) is 0 Å². The Morgan fingerprint density at radius 3 is 1.77 bits per heavy atom. The minimum atomic E-state index is -0.431. The SMILES string of the molecule is CC/C=C\C/C=C\C/C=C\CCCCCCCC(=O)Oc1c(Cl)c(Cl)c(Cl)c(Cl)c1Cl. The van der Waals surface area contributed by atoms with Crippen molar-refractivity contribution in [3.8, 4) is 5.75 Å². The molecule has 0 unspecified atom stereocenters. The molecular formula is C24H29Cl5O2. The van der Waals surface area contributed by atoms with Gasteiger partial charge in [0.2, 0.25) is 0 Å². The van der Waals surface area contributed by atoms with E-state index >= 15 is 0 Å². The third kappa shape index (κ3) is 11.2. The lowest BCUT2D eigenvalue weighted by atomic mass is 10.1. The third-order valence-corrected chi connectivity index (χ3v) is 6.66. The highest BCUT2D eigenvalue weighted by Crippen LogP contribution is 2.48. The smallest absolute Gasteiger partial charge is 0.311 e. The molecule has 1 rings (SSSR count). The molecule has 2 nitrogen and oxygen atoms in total. The molecule has 0 spiro atoms. The lowest BCUT2D eigenvalue weighted by Crippen LogP contribution is -2.08. The average Bonchev–Trinajstić information content (AvgIpc) is 2.76. The molecule has 0 bridgehead atoms. The summed E-state index contributed by atoms with van der Waals surface area (Å²) in [5, 5.41) is 0.00586. The Bertz CT molecular complexity index is 756. The van der Waals surface area contributed by atoms with Crippen molar-refractivity contribution in [2.45, 2.75) is 71.1 Å². The number of hydrogen-bond acceptors (Lipinski definition) is 2. The predicted molar refractivity (Wildman–Crippen MR) is 136 cm³/mol. The van der Waals surface area contributed by atoms with E-state index in [1.165, 1.54) is 0 Å². The lowest BCUT2D eigenvalue weighted by molar-refractivity contribution is -0.134. The number of benzene rings is 1. The highest BCUT2D eigenvalue weighted by atomic mass is 35.5. The zero-order valence-electron chi connectivity index (χ0n) is 17.7. The Balaban J connectivity index is 2.16. The molecule has 0 N–H and O–H groups in total. The number of rotatable bonds is 14. The van der Waals surface area contributed by atoms with Gasteiger partial charge >= 0.3 is 5.97 Å². The van der Waals surface area contributed by atoms with E-state index in [1.807, 2.05) is 0 Å². The molecule has 1 aromatic carbocycles. The molecule has 1 aromatic rings. The van der Waals surface area contributed by atoms with Crippen molar-refractivity contribution in [1.82, 2.24) is 0 Å². The van der Waals surface area contributed by atoms with E-state index in [-0.39, 0.29) is 37.3 Å². The summed E-state index contributed by atoms with van der Waals surface area (Å²) in [6.45, 7) is 2.14. The highest BCUT2D eigenvalue weighted by Gasteiger charge is 2.22. The van der Waals surface area contributed by atoms with E-state index in [4.69, 9.17) is 62.7 Å². The summed E-state index contributed by atoms with van der Waals surface area (Å²) in [6.07, 6.45) is 22.7. The first-order valence-corrected chi connectivity index (χ1v) is 12.5. The molecule has 0 aliphatic heterocycles. The summed E-state index contributed by atoms with van der Waals surface area (Å²) < 4.78 is 5.26. The second-order valence-electron chi connectivity index (χ2n) is 6.97. The van der Waals surface area contributed by atoms with Crippen LogP contribution in [0.2, 0.25) is 25.1 Å². The molecule has 0 saturated heterocycles. The molecule has 0 aliphatic rings. The van der Waals surface area contributed by atoms with Crippen molar-refractivity contribution in [3.05, 3.63) is 61.6 Å². The third-order valence-electron chi connectivity index (χ3n) is 4.42. The van der Waals surface area contributed by atoms with Gasteiger partial charge in [0.1, 0.15) is 10.0 Å². The van der Waals surface area contributed by atoms with Crippen LogP contribution in [0.4, 0.5) is 0 Å². The van der Waals surface area contributed by atoms with Gasteiger partial charge < -0.3 is 4.74 Å². The van der Waals surface area contributed by atoms with Crippen molar-refractivity contribution in [2.24, 2.45) is 0 Å².